The third-order valence-electron chi connectivity index (χ3n) is 5.33. The molecule has 1 saturated carbocycles. The number of aliphatic hydroxyl groups is 1. The minimum absolute atomic E-state index is 0.102. The first-order chi connectivity index (χ1) is 11.7. The van der Waals surface area contributed by atoms with Crippen molar-refractivity contribution in [2.24, 2.45) is 0 Å². The maximum absolute atomic E-state index is 12.8. The second-order valence-electron chi connectivity index (χ2n) is 6.97. The van der Waals surface area contributed by atoms with E-state index in [1.54, 1.807) is 6.20 Å². The van der Waals surface area contributed by atoms with Crippen molar-refractivity contribution < 1.29 is 14.6 Å². The lowest BCUT2D eigenvalue weighted by Gasteiger charge is -2.32. The molecule has 1 aromatic rings. The topological polar surface area (TPSA) is 67.6 Å². The highest BCUT2D eigenvalue weighted by Gasteiger charge is 2.28. The van der Waals surface area contributed by atoms with Gasteiger partial charge in [-0.05, 0) is 39.0 Å². The molecular formula is C18H29N3O3. The monoisotopic (exact) mass is 335 g/mol. The molecule has 0 unspecified atom stereocenters. The van der Waals surface area contributed by atoms with Crippen LogP contribution in [0.25, 0.3) is 0 Å². The summed E-state index contributed by atoms with van der Waals surface area (Å²) < 4.78 is 7.80. The van der Waals surface area contributed by atoms with Crippen LogP contribution in [-0.2, 0) is 4.74 Å². The van der Waals surface area contributed by atoms with Crippen LogP contribution in [0.3, 0.4) is 0 Å². The number of ether oxygens (including phenoxy) is 1. The number of amides is 1. The third kappa shape index (κ3) is 3.81. The van der Waals surface area contributed by atoms with Crippen molar-refractivity contribution in [3.63, 3.8) is 0 Å². The lowest BCUT2D eigenvalue weighted by atomic mass is 10.1. The standard InChI is InChI=1S/C18H29N3O3/c1-14-17(13-19-21(14)15-5-2-3-6-15)18(23)20-9-7-16(8-10-20)24-12-4-11-22/h13,15-16,22H,2-12H2,1H3. The molecule has 0 aromatic carbocycles. The van der Waals surface area contributed by atoms with Gasteiger partial charge in [0.25, 0.3) is 5.91 Å². The molecule has 1 aliphatic carbocycles. The SMILES string of the molecule is Cc1c(C(=O)N2CCC(OCCCO)CC2)cnn1C1CCCC1. The Bertz CT molecular complexity index is 544. The number of likely N-dealkylation sites (tertiary alicyclic amines) is 1. The predicted octanol–water partition coefficient (Wildman–Crippen LogP) is 2.31. The van der Waals surface area contributed by atoms with Crippen LogP contribution in [0.2, 0.25) is 0 Å². The molecule has 2 heterocycles. The molecule has 0 spiro atoms. The van der Waals surface area contributed by atoms with Gasteiger partial charge >= 0.3 is 0 Å². The average molecular weight is 335 g/mol. The highest BCUT2D eigenvalue weighted by molar-refractivity contribution is 5.95. The summed E-state index contributed by atoms with van der Waals surface area (Å²) in [6, 6.07) is 0.470. The average Bonchev–Trinajstić information content (AvgIpc) is 3.24. The van der Waals surface area contributed by atoms with Gasteiger partial charge in [0.2, 0.25) is 0 Å². The summed E-state index contributed by atoms with van der Waals surface area (Å²) in [7, 11) is 0. The molecule has 2 aliphatic rings. The Hall–Kier alpha value is -1.40. The molecule has 1 aromatic heterocycles. The van der Waals surface area contributed by atoms with E-state index in [4.69, 9.17) is 9.84 Å². The number of carbonyl (C=O) groups is 1. The van der Waals surface area contributed by atoms with Gasteiger partial charge in [-0.3, -0.25) is 9.48 Å². The van der Waals surface area contributed by atoms with Crippen LogP contribution in [0, 0.1) is 6.92 Å². The van der Waals surface area contributed by atoms with E-state index >= 15 is 0 Å². The fourth-order valence-electron chi connectivity index (χ4n) is 3.86. The number of rotatable bonds is 6. The van der Waals surface area contributed by atoms with Gasteiger partial charge in [-0.15, -0.1) is 0 Å². The molecule has 0 radical (unpaired) electrons. The van der Waals surface area contributed by atoms with Crippen LogP contribution in [0.5, 0.6) is 0 Å². The minimum atomic E-state index is 0.102. The Morgan fingerprint density at radius 1 is 1.29 bits per heavy atom. The summed E-state index contributed by atoms with van der Waals surface area (Å²) in [6.45, 7) is 4.25. The highest BCUT2D eigenvalue weighted by atomic mass is 16.5. The maximum Gasteiger partial charge on any atom is 0.257 e. The molecule has 1 saturated heterocycles. The summed E-state index contributed by atoms with van der Waals surface area (Å²) in [6.07, 6.45) is 9.24. The summed E-state index contributed by atoms with van der Waals surface area (Å²) in [5, 5.41) is 13.3. The molecular weight excluding hydrogens is 306 g/mol. The highest BCUT2D eigenvalue weighted by Crippen LogP contribution is 2.30. The second-order valence-corrected chi connectivity index (χ2v) is 6.97. The van der Waals surface area contributed by atoms with Crippen LogP contribution >= 0.6 is 0 Å². The van der Waals surface area contributed by atoms with Crippen molar-refractivity contribution in [2.45, 2.75) is 64.0 Å². The van der Waals surface area contributed by atoms with E-state index in [1.165, 1.54) is 25.7 Å². The molecule has 6 heteroatoms. The molecule has 0 bridgehead atoms. The number of hydrogen-bond donors (Lipinski definition) is 1. The number of aromatic nitrogens is 2. The lowest BCUT2D eigenvalue weighted by Crippen LogP contribution is -2.41. The molecule has 24 heavy (non-hydrogen) atoms. The molecule has 2 fully saturated rings. The zero-order valence-electron chi connectivity index (χ0n) is 14.6. The molecule has 1 aliphatic heterocycles. The first-order valence-corrected chi connectivity index (χ1v) is 9.26. The van der Waals surface area contributed by atoms with Crippen molar-refractivity contribution in [3.05, 3.63) is 17.5 Å². The zero-order valence-corrected chi connectivity index (χ0v) is 14.6. The van der Waals surface area contributed by atoms with Gasteiger partial charge in [-0.25, -0.2) is 0 Å². The van der Waals surface area contributed by atoms with Crippen LogP contribution in [0.4, 0.5) is 0 Å². The molecule has 134 valence electrons. The van der Waals surface area contributed by atoms with Crippen molar-refractivity contribution in [1.29, 1.82) is 0 Å². The van der Waals surface area contributed by atoms with Crippen LogP contribution in [-0.4, -0.2) is 58.1 Å². The van der Waals surface area contributed by atoms with Crippen LogP contribution < -0.4 is 0 Å². The van der Waals surface area contributed by atoms with Crippen molar-refractivity contribution in [1.82, 2.24) is 14.7 Å². The van der Waals surface area contributed by atoms with Crippen molar-refractivity contribution >= 4 is 5.91 Å². The Morgan fingerprint density at radius 2 is 2.00 bits per heavy atom. The normalized spacial score (nSPS) is 20.0. The van der Waals surface area contributed by atoms with Gasteiger partial charge < -0.3 is 14.7 Å². The Morgan fingerprint density at radius 3 is 2.67 bits per heavy atom. The van der Waals surface area contributed by atoms with E-state index in [9.17, 15) is 4.79 Å². The third-order valence-corrected chi connectivity index (χ3v) is 5.33. The van der Waals surface area contributed by atoms with E-state index in [0.717, 1.165) is 37.2 Å². The molecule has 6 nitrogen and oxygen atoms in total. The largest absolute Gasteiger partial charge is 0.396 e. The second kappa shape index (κ2) is 8.12. The Labute approximate surface area is 143 Å². The number of piperidine rings is 1. The van der Waals surface area contributed by atoms with Crippen LogP contribution in [0.15, 0.2) is 6.20 Å². The van der Waals surface area contributed by atoms with Gasteiger partial charge in [0.1, 0.15) is 0 Å². The fourth-order valence-corrected chi connectivity index (χ4v) is 3.86. The van der Waals surface area contributed by atoms with Crippen LogP contribution in [0.1, 0.15) is 67.0 Å². The van der Waals surface area contributed by atoms with Gasteiger partial charge in [0.05, 0.1) is 23.9 Å². The van der Waals surface area contributed by atoms with E-state index < -0.39 is 0 Å². The fraction of sp³-hybridized carbons (Fsp3) is 0.778. The summed E-state index contributed by atoms with van der Waals surface area (Å²) in [5.74, 6) is 0.102. The quantitative estimate of drug-likeness (QED) is 0.810. The Balaban J connectivity index is 1.56. The van der Waals surface area contributed by atoms with Gasteiger partial charge in [0, 0.05) is 32.0 Å². The molecule has 1 N–H and O–H groups in total. The van der Waals surface area contributed by atoms with Crippen molar-refractivity contribution in [2.75, 3.05) is 26.3 Å². The summed E-state index contributed by atoms with van der Waals surface area (Å²) >= 11 is 0. The van der Waals surface area contributed by atoms with E-state index in [2.05, 4.69) is 9.78 Å². The smallest absolute Gasteiger partial charge is 0.257 e. The number of carbonyl (C=O) groups excluding carboxylic acids is 1. The number of nitrogens with zero attached hydrogens (tertiary/aromatic N) is 3. The maximum atomic E-state index is 12.8. The summed E-state index contributed by atoms with van der Waals surface area (Å²) in [5.41, 5.74) is 1.76. The summed E-state index contributed by atoms with van der Waals surface area (Å²) in [4.78, 5) is 14.7. The molecule has 0 atom stereocenters. The number of hydrogen-bond acceptors (Lipinski definition) is 4. The van der Waals surface area contributed by atoms with Gasteiger partial charge in [-0.1, -0.05) is 12.8 Å². The van der Waals surface area contributed by atoms with Gasteiger partial charge in [0.15, 0.2) is 0 Å². The van der Waals surface area contributed by atoms with Crippen molar-refractivity contribution in [3.8, 4) is 0 Å². The Kier molecular flexibility index (Phi) is 5.89. The zero-order chi connectivity index (χ0) is 16.9. The predicted molar refractivity (Wildman–Crippen MR) is 91.0 cm³/mol. The lowest BCUT2D eigenvalue weighted by molar-refractivity contribution is 0.00396. The first-order valence-electron chi connectivity index (χ1n) is 9.26. The minimum Gasteiger partial charge on any atom is -0.396 e. The first kappa shape index (κ1) is 17.4. The van der Waals surface area contributed by atoms with E-state index in [1.807, 2.05) is 11.8 Å². The van der Waals surface area contributed by atoms with E-state index in [0.29, 0.717) is 19.1 Å². The van der Waals surface area contributed by atoms with Gasteiger partial charge in [-0.2, -0.15) is 5.10 Å². The molecule has 1 amide bonds. The molecule has 3 rings (SSSR count). The van der Waals surface area contributed by atoms with E-state index in [-0.39, 0.29) is 18.6 Å². The number of aliphatic hydroxyl groups excluding tert-OH is 1.